The maximum Gasteiger partial charge on any atom is 0.339 e. The van der Waals surface area contributed by atoms with Crippen LogP contribution in [0, 0.1) is 0 Å². The smallest absolute Gasteiger partial charge is 0.339 e. The van der Waals surface area contributed by atoms with Crippen molar-refractivity contribution in [1.29, 1.82) is 0 Å². The van der Waals surface area contributed by atoms with Gasteiger partial charge in [0.1, 0.15) is 22.7 Å². The maximum absolute atomic E-state index is 11.7. The third-order valence-electron chi connectivity index (χ3n) is 6.00. The highest BCUT2D eigenvalue weighted by atomic mass is 32.2. The molecular formula is C29H21N5O7S. The van der Waals surface area contributed by atoms with Gasteiger partial charge in [0.05, 0.1) is 33.0 Å². The number of aromatic hydroxyl groups is 2. The number of para-hydroxylation sites is 1. The van der Waals surface area contributed by atoms with E-state index < -0.39 is 26.7 Å². The first-order valence-corrected chi connectivity index (χ1v) is 13.6. The minimum atomic E-state index is -4.56. The van der Waals surface area contributed by atoms with Crippen LogP contribution in [-0.4, -0.2) is 34.3 Å². The van der Waals surface area contributed by atoms with E-state index in [2.05, 4.69) is 25.8 Å². The van der Waals surface area contributed by atoms with Gasteiger partial charge in [0.25, 0.3) is 10.1 Å². The zero-order valence-corrected chi connectivity index (χ0v) is 22.3. The van der Waals surface area contributed by atoms with Gasteiger partial charge in [-0.1, -0.05) is 24.3 Å². The van der Waals surface area contributed by atoms with Gasteiger partial charge < -0.3 is 20.6 Å². The van der Waals surface area contributed by atoms with E-state index in [0.29, 0.717) is 22.4 Å². The first-order valence-electron chi connectivity index (χ1n) is 12.2. The lowest BCUT2D eigenvalue weighted by atomic mass is 10.1. The van der Waals surface area contributed by atoms with Gasteiger partial charge in [-0.25, -0.2) is 4.79 Å². The summed E-state index contributed by atoms with van der Waals surface area (Å²) >= 11 is 0. The molecule has 5 N–H and O–H groups in total. The monoisotopic (exact) mass is 583 g/mol. The van der Waals surface area contributed by atoms with Crippen LogP contribution in [0.15, 0.2) is 122 Å². The van der Waals surface area contributed by atoms with E-state index in [1.807, 2.05) is 30.3 Å². The van der Waals surface area contributed by atoms with Gasteiger partial charge in [-0.2, -0.15) is 23.8 Å². The van der Waals surface area contributed by atoms with E-state index in [9.17, 15) is 28.0 Å². The predicted octanol–water partition coefficient (Wildman–Crippen LogP) is 7.77. The molecule has 0 saturated heterocycles. The molecule has 0 fully saturated rings. The molecule has 12 nitrogen and oxygen atoms in total. The van der Waals surface area contributed by atoms with Gasteiger partial charge in [-0.3, -0.25) is 4.55 Å². The van der Waals surface area contributed by atoms with E-state index in [1.165, 1.54) is 24.3 Å². The number of hydrogen-bond acceptors (Lipinski definition) is 10. The van der Waals surface area contributed by atoms with Crippen molar-refractivity contribution in [3.63, 3.8) is 0 Å². The first kappa shape index (κ1) is 27.9. The van der Waals surface area contributed by atoms with Gasteiger partial charge in [0.15, 0.2) is 0 Å². The molecule has 0 saturated carbocycles. The number of aromatic carboxylic acids is 1. The first-order chi connectivity index (χ1) is 20.1. The van der Waals surface area contributed by atoms with Crippen LogP contribution in [0.25, 0.3) is 10.8 Å². The zero-order valence-electron chi connectivity index (χ0n) is 21.4. The number of carbonyl (C=O) groups is 1. The number of nitrogens with zero attached hydrogens (tertiary/aromatic N) is 4. The van der Waals surface area contributed by atoms with Crippen LogP contribution in [0.2, 0.25) is 0 Å². The van der Waals surface area contributed by atoms with E-state index >= 15 is 0 Å². The summed E-state index contributed by atoms with van der Waals surface area (Å²) in [4.78, 5) is 10.7. The Bertz CT molecular complexity index is 1980. The molecule has 0 bridgehead atoms. The predicted molar refractivity (Wildman–Crippen MR) is 155 cm³/mol. The van der Waals surface area contributed by atoms with Crippen molar-refractivity contribution in [2.75, 3.05) is 5.32 Å². The summed E-state index contributed by atoms with van der Waals surface area (Å²) in [6.07, 6.45) is 0. The fourth-order valence-corrected chi connectivity index (χ4v) is 4.53. The highest BCUT2D eigenvalue weighted by Gasteiger charge is 2.18. The molecule has 0 aliphatic heterocycles. The van der Waals surface area contributed by atoms with Crippen LogP contribution in [0.4, 0.5) is 34.1 Å². The standard InChI is InChI=1S/C29H21N5O7S/c35-25-13-11-21(15-23(25)29(37)38)33-31-19-7-9-20(10-8-19)32-34-28-24(30-18-4-2-1-3-5-18)12-6-17-14-22(42(39,40)41)16-26(36)27(17)28/h1-16,30,35-36H,(H,37,38)(H,39,40,41)/b33-31+,34-32+. The van der Waals surface area contributed by atoms with Gasteiger partial charge >= 0.3 is 5.97 Å². The summed E-state index contributed by atoms with van der Waals surface area (Å²) in [6, 6.07) is 24.9. The lowest BCUT2D eigenvalue weighted by Gasteiger charge is -2.13. The lowest BCUT2D eigenvalue weighted by molar-refractivity contribution is 0.0693. The van der Waals surface area contributed by atoms with Crippen LogP contribution in [0.1, 0.15) is 10.4 Å². The minimum absolute atomic E-state index is 0.215. The molecule has 0 radical (unpaired) electrons. The van der Waals surface area contributed by atoms with Crippen molar-refractivity contribution in [1.82, 2.24) is 0 Å². The fraction of sp³-hybridized carbons (Fsp3) is 0. The Morgan fingerprint density at radius 3 is 1.95 bits per heavy atom. The number of nitrogens with one attached hydrogen (secondary N) is 1. The molecule has 210 valence electrons. The summed E-state index contributed by atoms with van der Waals surface area (Å²) in [6.45, 7) is 0. The van der Waals surface area contributed by atoms with Crippen molar-refractivity contribution >= 4 is 61.0 Å². The number of fused-ring (bicyclic) bond motifs is 1. The van der Waals surface area contributed by atoms with Crippen LogP contribution in [-0.2, 0) is 10.1 Å². The van der Waals surface area contributed by atoms with E-state index in [4.69, 9.17) is 5.11 Å². The van der Waals surface area contributed by atoms with Gasteiger partial charge in [-0.05, 0) is 72.1 Å². The molecule has 5 aromatic carbocycles. The number of hydrogen-bond donors (Lipinski definition) is 5. The van der Waals surface area contributed by atoms with Gasteiger partial charge in [-0.15, -0.1) is 5.11 Å². The van der Waals surface area contributed by atoms with Gasteiger partial charge in [0.2, 0.25) is 0 Å². The second-order valence-electron chi connectivity index (χ2n) is 8.89. The molecule has 0 aromatic heterocycles. The molecular weight excluding hydrogens is 562 g/mol. The van der Waals surface area contributed by atoms with Crippen LogP contribution in [0.3, 0.4) is 0 Å². The Morgan fingerprint density at radius 2 is 1.31 bits per heavy atom. The van der Waals surface area contributed by atoms with E-state index in [-0.39, 0.29) is 28.1 Å². The normalized spacial score (nSPS) is 11.8. The number of carboxylic acid groups (broad SMARTS) is 1. The molecule has 0 aliphatic carbocycles. The molecule has 0 aliphatic rings. The Labute approximate surface area is 238 Å². The van der Waals surface area contributed by atoms with Crippen LogP contribution in [0.5, 0.6) is 11.5 Å². The summed E-state index contributed by atoms with van der Waals surface area (Å²) in [5, 5.41) is 50.0. The molecule has 13 heteroatoms. The van der Waals surface area contributed by atoms with Crippen molar-refractivity contribution < 1.29 is 33.1 Å². The SMILES string of the molecule is O=C(O)c1cc(/N=N/c2ccc(/N=N/c3c(Nc4ccccc4)ccc4cc(S(=O)(=O)O)cc(O)c34)cc2)ccc1O. The second kappa shape index (κ2) is 11.4. The number of benzene rings is 5. The molecule has 0 spiro atoms. The molecule has 0 heterocycles. The molecule has 0 amide bonds. The highest BCUT2D eigenvalue weighted by Crippen LogP contribution is 2.42. The van der Waals surface area contributed by atoms with Gasteiger partial charge in [0, 0.05) is 11.8 Å². The average Bonchev–Trinajstić information content (AvgIpc) is 2.96. The Kier molecular flexibility index (Phi) is 7.60. The van der Waals surface area contributed by atoms with Crippen molar-refractivity contribution in [2.24, 2.45) is 20.5 Å². The van der Waals surface area contributed by atoms with Crippen LogP contribution < -0.4 is 5.32 Å². The lowest BCUT2D eigenvalue weighted by Crippen LogP contribution is -1.98. The second-order valence-corrected chi connectivity index (χ2v) is 10.3. The van der Waals surface area contributed by atoms with Crippen molar-refractivity contribution in [3.05, 3.63) is 103 Å². The third kappa shape index (κ3) is 6.22. The third-order valence-corrected chi connectivity index (χ3v) is 6.83. The number of azo groups is 2. The molecule has 42 heavy (non-hydrogen) atoms. The number of carboxylic acids is 1. The number of rotatable bonds is 8. The average molecular weight is 584 g/mol. The number of phenols is 2. The summed E-state index contributed by atoms with van der Waals surface area (Å²) < 4.78 is 32.8. The van der Waals surface area contributed by atoms with Crippen molar-refractivity contribution in [2.45, 2.75) is 4.90 Å². The maximum atomic E-state index is 11.7. The molecule has 0 unspecified atom stereocenters. The highest BCUT2D eigenvalue weighted by molar-refractivity contribution is 7.85. The molecule has 0 atom stereocenters. The van der Waals surface area contributed by atoms with E-state index in [1.54, 1.807) is 36.4 Å². The quantitative estimate of drug-likeness (QED) is 0.0902. The Hall–Kier alpha value is -5.66. The van der Waals surface area contributed by atoms with Crippen LogP contribution >= 0.6 is 0 Å². The zero-order chi connectivity index (χ0) is 29.9. The fourth-order valence-electron chi connectivity index (χ4n) is 4.00. The van der Waals surface area contributed by atoms with Crippen molar-refractivity contribution in [3.8, 4) is 11.5 Å². The number of anilines is 2. The summed E-state index contributed by atoms with van der Waals surface area (Å²) in [5.74, 6) is -2.08. The molecule has 5 rings (SSSR count). The Morgan fingerprint density at radius 1 is 0.690 bits per heavy atom. The summed E-state index contributed by atoms with van der Waals surface area (Å²) in [7, 11) is -4.56. The summed E-state index contributed by atoms with van der Waals surface area (Å²) in [5.41, 5.74) is 2.24. The molecule has 5 aromatic rings. The largest absolute Gasteiger partial charge is 0.507 e. The Balaban J connectivity index is 1.48. The topological polar surface area (TPSA) is 194 Å². The van der Waals surface area contributed by atoms with E-state index in [0.717, 1.165) is 11.8 Å². The number of phenolic OH excluding ortho intramolecular Hbond substituents is 1. The minimum Gasteiger partial charge on any atom is -0.507 e.